The van der Waals surface area contributed by atoms with Crippen molar-refractivity contribution in [2.75, 3.05) is 17.2 Å². The zero-order valence-corrected chi connectivity index (χ0v) is 15.5. The molecule has 3 rings (SSSR count). The van der Waals surface area contributed by atoms with Gasteiger partial charge in [0.2, 0.25) is 11.9 Å². The summed E-state index contributed by atoms with van der Waals surface area (Å²) in [5, 5.41) is 6.40. The van der Waals surface area contributed by atoms with Crippen LogP contribution in [0.15, 0.2) is 47.5 Å². The Bertz CT molecular complexity index is 865. The van der Waals surface area contributed by atoms with E-state index in [2.05, 4.69) is 46.5 Å². The van der Waals surface area contributed by atoms with Gasteiger partial charge in [-0.25, -0.2) is 9.97 Å². The van der Waals surface area contributed by atoms with Crippen LogP contribution in [0.3, 0.4) is 0 Å². The van der Waals surface area contributed by atoms with Crippen LogP contribution in [0.5, 0.6) is 0 Å². The minimum atomic E-state index is -0.354. The molecular weight excluding hydrogens is 398 g/mol. The van der Waals surface area contributed by atoms with Gasteiger partial charge in [0.25, 0.3) is 0 Å². The third kappa shape index (κ3) is 5.03. The average Bonchev–Trinajstić information content (AvgIpc) is 3.12. The maximum atomic E-state index is 10.9. The fraction of sp³-hybridized carbons (Fsp3) is 0.176. The molecule has 2 aromatic heterocycles. The minimum absolute atomic E-state index is 0.221. The van der Waals surface area contributed by atoms with Crippen molar-refractivity contribution in [3.05, 3.63) is 58.7 Å². The van der Waals surface area contributed by atoms with Gasteiger partial charge in [-0.15, -0.1) is 0 Å². The number of aromatic amines is 1. The molecule has 3 aromatic rings. The minimum Gasteiger partial charge on any atom is -0.369 e. The summed E-state index contributed by atoms with van der Waals surface area (Å²) in [6.07, 6.45) is 6.22. The zero-order valence-electron chi connectivity index (χ0n) is 13.9. The van der Waals surface area contributed by atoms with E-state index in [9.17, 15) is 4.79 Å². The molecule has 1 aromatic carbocycles. The SMILES string of the molecule is NC(=O)Cc1ccc(Nc2ncc(Br)c(NCCc3c[nH]cn3)n2)cc1. The summed E-state index contributed by atoms with van der Waals surface area (Å²) in [4.78, 5) is 26.8. The molecule has 0 saturated carbocycles. The van der Waals surface area contributed by atoms with E-state index < -0.39 is 0 Å². The van der Waals surface area contributed by atoms with Crippen LogP contribution in [0, 0.1) is 0 Å². The van der Waals surface area contributed by atoms with Gasteiger partial charge in [0.1, 0.15) is 5.82 Å². The number of hydrogen-bond acceptors (Lipinski definition) is 6. The molecule has 0 fully saturated rings. The number of H-pyrrole nitrogens is 1. The van der Waals surface area contributed by atoms with Gasteiger partial charge < -0.3 is 21.4 Å². The summed E-state index contributed by atoms with van der Waals surface area (Å²) < 4.78 is 0.780. The van der Waals surface area contributed by atoms with Crippen LogP contribution in [0.25, 0.3) is 0 Å². The summed E-state index contributed by atoms with van der Waals surface area (Å²) in [6, 6.07) is 7.40. The Kier molecular flexibility index (Phi) is 5.80. The van der Waals surface area contributed by atoms with Gasteiger partial charge in [-0.1, -0.05) is 12.1 Å². The number of nitrogens with one attached hydrogen (secondary N) is 3. The van der Waals surface area contributed by atoms with Crippen molar-refractivity contribution in [3.8, 4) is 0 Å². The van der Waals surface area contributed by atoms with Gasteiger partial charge in [0.05, 0.1) is 22.9 Å². The Morgan fingerprint density at radius 3 is 2.73 bits per heavy atom. The van der Waals surface area contributed by atoms with E-state index in [1.54, 1.807) is 12.5 Å². The van der Waals surface area contributed by atoms with Crippen LogP contribution in [-0.4, -0.2) is 32.4 Å². The van der Waals surface area contributed by atoms with Crippen molar-refractivity contribution in [2.24, 2.45) is 5.73 Å². The number of anilines is 3. The molecule has 0 saturated heterocycles. The first-order valence-electron chi connectivity index (χ1n) is 7.98. The maximum Gasteiger partial charge on any atom is 0.229 e. The molecule has 0 spiro atoms. The van der Waals surface area contributed by atoms with Crippen molar-refractivity contribution in [2.45, 2.75) is 12.8 Å². The van der Waals surface area contributed by atoms with E-state index in [-0.39, 0.29) is 12.3 Å². The summed E-state index contributed by atoms with van der Waals surface area (Å²) in [6.45, 7) is 0.696. The topological polar surface area (TPSA) is 122 Å². The van der Waals surface area contributed by atoms with Crippen LogP contribution in [-0.2, 0) is 17.6 Å². The first-order valence-corrected chi connectivity index (χ1v) is 8.78. The molecule has 134 valence electrons. The number of nitrogens with two attached hydrogens (primary N) is 1. The van der Waals surface area contributed by atoms with Crippen molar-refractivity contribution in [3.63, 3.8) is 0 Å². The molecule has 9 heteroatoms. The van der Waals surface area contributed by atoms with Crippen molar-refractivity contribution in [1.29, 1.82) is 0 Å². The molecule has 0 atom stereocenters. The highest BCUT2D eigenvalue weighted by Gasteiger charge is 2.06. The second-order valence-corrected chi connectivity index (χ2v) is 6.45. The lowest BCUT2D eigenvalue weighted by atomic mass is 10.1. The molecule has 8 nitrogen and oxygen atoms in total. The smallest absolute Gasteiger partial charge is 0.229 e. The van der Waals surface area contributed by atoms with Gasteiger partial charge >= 0.3 is 0 Å². The fourth-order valence-corrected chi connectivity index (χ4v) is 2.66. The number of carbonyl (C=O) groups is 1. The maximum absolute atomic E-state index is 10.9. The number of imidazole rings is 1. The molecule has 2 heterocycles. The number of halogens is 1. The molecule has 0 radical (unpaired) electrons. The largest absolute Gasteiger partial charge is 0.369 e. The normalized spacial score (nSPS) is 10.5. The number of aromatic nitrogens is 4. The number of primary amides is 1. The standard InChI is InChI=1S/C17H18BrN7O/c18-14-9-22-17(24-12-3-1-11(2-4-12)7-15(19)26)25-16(14)21-6-5-13-8-20-10-23-13/h1-4,8-10H,5-7H2,(H2,19,26)(H,20,23)(H2,21,22,24,25). The Morgan fingerprint density at radius 2 is 2.04 bits per heavy atom. The Morgan fingerprint density at radius 1 is 1.23 bits per heavy atom. The number of hydrogen-bond donors (Lipinski definition) is 4. The van der Waals surface area contributed by atoms with E-state index in [0.717, 1.165) is 27.8 Å². The lowest BCUT2D eigenvalue weighted by Crippen LogP contribution is -2.13. The van der Waals surface area contributed by atoms with Gasteiger partial charge in [0, 0.05) is 31.0 Å². The predicted octanol–water partition coefficient (Wildman–Crippen LogP) is 2.39. The lowest BCUT2D eigenvalue weighted by molar-refractivity contribution is -0.117. The van der Waals surface area contributed by atoms with Crippen molar-refractivity contribution < 1.29 is 4.79 Å². The van der Waals surface area contributed by atoms with Gasteiger partial charge in [-0.05, 0) is 33.6 Å². The lowest BCUT2D eigenvalue weighted by Gasteiger charge is -2.10. The monoisotopic (exact) mass is 415 g/mol. The number of benzene rings is 1. The van der Waals surface area contributed by atoms with Crippen LogP contribution in [0.2, 0.25) is 0 Å². The number of rotatable bonds is 8. The van der Waals surface area contributed by atoms with E-state index >= 15 is 0 Å². The Labute approximate surface area is 158 Å². The fourth-order valence-electron chi connectivity index (χ4n) is 2.32. The third-order valence-electron chi connectivity index (χ3n) is 3.56. The van der Waals surface area contributed by atoms with E-state index in [0.29, 0.717) is 18.3 Å². The first-order chi connectivity index (χ1) is 12.6. The van der Waals surface area contributed by atoms with Crippen LogP contribution < -0.4 is 16.4 Å². The molecule has 0 aliphatic carbocycles. The quantitative estimate of drug-likeness (QED) is 0.448. The van der Waals surface area contributed by atoms with E-state index in [4.69, 9.17) is 5.73 Å². The average molecular weight is 416 g/mol. The van der Waals surface area contributed by atoms with Gasteiger partial charge in [0.15, 0.2) is 0 Å². The predicted molar refractivity (Wildman–Crippen MR) is 103 cm³/mol. The van der Waals surface area contributed by atoms with E-state index in [1.165, 1.54) is 0 Å². The molecular formula is C17H18BrN7O. The number of nitrogens with zero attached hydrogens (tertiary/aromatic N) is 3. The van der Waals surface area contributed by atoms with Gasteiger partial charge in [-0.3, -0.25) is 4.79 Å². The Hall–Kier alpha value is -2.94. The molecule has 26 heavy (non-hydrogen) atoms. The summed E-state index contributed by atoms with van der Waals surface area (Å²) >= 11 is 3.45. The Balaban J connectivity index is 1.62. The summed E-state index contributed by atoms with van der Waals surface area (Å²) in [5.74, 6) is 0.814. The van der Waals surface area contributed by atoms with Crippen LogP contribution in [0.4, 0.5) is 17.5 Å². The molecule has 0 unspecified atom stereocenters. The zero-order chi connectivity index (χ0) is 18.4. The van der Waals surface area contributed by atoms with Gasteiger partial charge in [-0.2, -0.15) is 4.98 Å². The second kappa shape index (κ2) is 8.43. The highest BCUT2D eigenvalue weighted by molar-refractivity contribution is 9.10. The molecule has 5 N–H and O–H groups in total. The number of carbonyl (C=O) groups excluding carboxylic acids is 1. The number of amides is 1. The molecule has 0 aliphatic heterocycles. The van der Waals surface area contributed by atoms with E-state index in [1.807, 2.05) is 30.5 Å². The molecule has 0 aliphatic rings. The highest BCUT2D eigenvalue weighted by Crippen LogP contribution is 2.22. The van der Waals surface area contributed by atoms with Crippen LogP contribution in [0.1, 0.15) is 11.3 Å². The second-order valence-electron chi connectivity index (χ2n) is 5.59. The first kappa shape index (κ1) is 17.9. The van der Waals surface area contributed by atoms with Crippen LogP contribution >= 0.6 is 15.9 Å². The third-order valence-corrected chi connectivity index (χ3v) is 4.14. The summed E-state index contributed by atoms with van der Waals surface area (Å²) in [7, 11) is 0. The molecule has 1 amide bonds. The van der Waals surface area contributed by atoms with Crippen molar-refractivity contribution >= 4 is 39.3 Å². The van der Waals surface area contributed by atoms with Crippen molar-refractivity contribution in [1.82, 2.24) is 19.9 Å². The molecule has 0 bridgehead atoms. The summed E-state index contributed by atoms with van der Waals surface area (Å²) in [5.41, 5.74) is 7.86. The highest BCUT2D eigenvalue weighted by atomic mass is 79.9.